The third-order valence-electron chi connectivity index (χ3n) is 6.92. The number of hydrogen-bond acceptors (Lipinski definition) is 4. The number of carbonyl (C=O) groups excluding carboxylic acids is 2. The van der Waals surface area contributed by atoms with Crippen molar-refractivity contribution in [2.24, 2.45) is 17.8 Å². The fourth-order valence-corrected chi connectivity index (χ4v) is 4.99. The van der Waals surface area contributed by atoms with Gasteiger partial charge in [0.25, 0.3) is 5.56 Å². The molecular formula is C24H32N4O4. The van der Waals surface area contributed by atoms with Crippen molar-refractivity contribution in [3.8, 4) is 0 Å². The van der Waals surface area contributed by atoms with Crippen LogP contribution in [-0.4, -0.2) is 57.3 Å². The topological polar surface area (TPSA) is 95.5 Å². The lowest BCUT2D eigenvalue weighted by Crippen LogP contribution is -2.53. The van der Waals surface area contributed by atoms with Gasteiger partial charge in [-0.15, -0.1) is 0 Å². The molecule has 8 nitrogen and oxygen atoms in total. The number of carbonyl (C=O) groups is 2. The Balaban J connectivity index is 1.33. The van der Waals surface area contributed by atoms with E-state index in [0.29, 0.717) is 43.6 Å². The zero-order valence-corrected chi connectivity index (χ0v) is 18.9. The molecule has 0 bridgehead atoms. The van der Waals surface area contributed by atoms with E-state index >= 15 is 0 Å². The first kappa shape index (κ1) is 22.3. The first-order chi connectivity index (χ1) is 15.3. The summed E-state index contributed by atoms with van der Waals surface area (Å²) in [6.07, 6.45) is 3.19. The van der Waals surface area contributed by atoms with Gasteiger partial charge in [0.2, 0.25) is 11.8 Å². The summed E-state index contributed by atoms with van der Waals surface area (Å²) in [5, 5.41) is 0.519. The lowest BCUT2D eigenvalue weighted by atomic mass is 9.81. The van der Waals surface area contributed by atoms with E-state index in [-0.39, 0.29) is 40.8 Å². The minimum absolute atomic E-state index is 0.00906. The number of benzene rings is 1. The molecule has 0 unspecified atom stereocenters. The Morgan fingerprint density at radius 1 is 0.969 bits per heavy atom. The molecule has 1 aromatic heterocycles. The molecule has 0 atom stereocenters. The Morgan fingerprint density at radius 2 is 1.59 bits per heavy atom. The number of aromatic nitrogens is 2. The molecule has 172 valence electrons. The fraction of sp³-hybridized carbons (Fsp3) is 0.583. The van der Waals surface area contributed by atoms with Gasteiger partial charge >= 0.3 is 5.69 Å². The summed E-state index contributed by atoms with van der Waals surface area (Å²) >= 11 is 0. The van der Waals surface area contributed by atoms with E-state index in [2.05, 4.69) is 4.98 Å². The number of amides is 2. The monoisotopic (exact) mass is 440 g/mol. The van der Waals surface area contributed by atoms with Gasteiger partial charge in [-0.05, 0) is 43.7 Å². The van der Waals surface area contributed by atoms with Crippen LogP contribution in [-0.2, 0) is 16.1 Å². The van der Waals surface area contributed by atoms with Gasteiger partial charge in [0.15, 0.2) is 0 Å². The van der Waals surface area contributed by atoms with Gasteiger partial charge in [0.1, 0.15) is 0 Å². The minimum atomic E-state index is -0.374. The van der Waals surface area contributed by atoms with E-state index in [0.717, 1.165) is 25.7 Å². The number of H-pyrrole nitrogens is 1. The molecule has 1 N–H and O–H groups in total. The summed E-state index contributed by atoms with van der Waals surface area (Å²) in [4.78, 5) is 56.9. The third-order valence-corrected chi connectivity index (χ3v) is 6.92. The predicted octanol–water partition coefficient (Wildman–Crippen LogP) is 1.82. The van der Waals surface area contributed by atoms with Gasteiger partial charge in [0.05, 0.1) is 10.9 Å². The molecular weight excluding hydrogens is 408 g/mol. The number of fused-ring (bicyclic) bond motifs is 1. The molecule has 8 heteroatoms. The lowest BCUT2D eigenvalue weighted by Gasteiger charge is -2.38. The molecule has 2 aliphatic rings. The summed E-state index contributed by atoms with van der Waals surface area (Å²) in [7, 11) is 0. The zero-order valence-electron chi connectivity index (χ0n) is 18.9. The van der Waals surface area contributed by atoms with Gasteiger partial charge < -0.3 is 14.8 Å². The van der Waals surface area contributed by atoms with Crippen molar-refractivity contribution in [3.05, 3.63) is 45.1 Å². The Hall–Kier alpha value is -2.90. The van der Waals surface area contributed by atoms with Crippen molar-refractivity contribution in [1.82, 2.24) is 19.4 Å². The first-order valence-electron chi connectivity index (χ1n) is 11.6. The van der Waals surface area contributed by atoms with Crippen LogP contribution >= 0.6 is 0 Å². The van der Waals surface area contributed by atoms with E-state index in [1.54, 1.807) is 24.3 Å². The fourth-order valence-electron chi connectivity index (χ4n) is 4.99. The average Bonchev–Trinajstić information content (AvgIpc) is 2.81. The van der Waals surface area contributed by atoms with Crippen molar-refractivity contribution in [2.45, 2.75) is 46.1 Å². The number of para-hydroxylation sites is 1. The molecule has 0 spiro atoms. The molecule has 2 heterocycles. The largest absolute Gasteiger partial charge is 0.339 e. The highest BCUT2D eigenvalue weighted by Crippen LogP contribution is 2.31. The van der Waals surface area contributed by atoms with Crippen molar-refractivity contribution in [2.75, 3.05) is 26.2 Å². The van der Waals surface area contributed by atoms with Gasteiger partial charge in [-0.3, -0.25) is 19.0 Å². The van der Waals surface area contributed by atoms with Gasteiger partial charge in [0, 0.05) is 44.6 Å². The number of rotatable bonds is 4. The summed E-state index contributed by atoms with van der Waals surface area (Å²) in [5.74, 6) is 0.511. The molecule has 1 saturated carbocycles. The molecule has 1 aliphatic heterocycles. The molecule has 2 amide bonds. The van der Waals surface area contributed by atoms with Crippen LogP contribution in [0.3, 0.4) is 0 Å². The minimum Gasteiger partial charge on any atom is -0.339 e. The molecule has 4 rings (SSSR count). The summed E-state index contributed by atoms with van der Waals surface area (Å²) in [6, 6.07) is 7.05. The third kappa shape index (κ3) is 4.49. The molecule has 1 saturated heterocycles. The van der Waals surface area contributed by atoms with Crippen molar-refractivity contribution < 1.29 is 9.59 Å². The van der Waals surface area contributed by atoms with Crippen LogP contribution in [0, 0.1) is 17.8 Å². The predicted molar refractivity (Wildman–Crippen MR) is 122 cm³/mol. The molecule has 0 radical (unpaired) electrons. The van der Waals surface area contributed by atoms with E-state index in [4.69, 9.17) is 0 Å². The summed E-state index contributed by atoms with van der Waals surface area (Å²) in [5.41, 5.74) is -0.0691. The highest BCUT2D eigenvalue weighted by Gasteiger charge is 2.32. The van der Waals surface area contributed by atoms with E-state index < -0.39 is 0 Å². The number of aromatic amines is 1. The smallest absolute Gasteiger partial charge is 0.328 e. The maximum atomic E-state index is 13.0. The van der Waals surface area contributed by atoms with E-state index in [9.17, 15) is 19.2 Å². The van der Waals surface area contributed by atoms with Gasteiger partial charge in [-0.25, -0.2) is 4.79 Å². The standard InChI is InChI=1S/C24H32N4O4/c1-16(2)21(29)26-11-13-27(14-12-26)22(30)18-9-7-17(8-10-18)15-28-23(31)19-5-3-4-6-20(19)25-24(28)32/h3-6,16-18H,7-15H2,1-2H3,(H,25,32)/t17-,18-. The lowest BCUT2D eigenvalue weighted by molar-refractivity contribution is -0.144. The average molecular weight is 441 g/mol. The van der Waals surface area contributed by atoms with Crippen LogP contribution in [0.1, 0.15) is 39.5 Å². The second-order valence-corrected chi connectivity index (χ2v) is 9.41. The zero-order chi connectivity index (χ0) is 22.8. The van der Waals surface area contributed by atoms with Crippen LogP contribution < -0.4 is 11.2 Å². The number of piperazine rings is 1. The molecule has 2 aromatic rings. The molecule has 32 heavy (non-hydrogen) atoms. The second-order valence-electron chi connectivity index (χ2n) is 9.41. The Labute approximate surface area is 187 Å². The highest BCUT2D eigenvalue weighted by molar-refractivity contribution is 5.81. The molecule has 2 fully saturated rings. The molecule has 1 aliphatic carbocycles. The van der Waals surface area contributed by atoms with Crippen LogP contribution in [0.25, 0.3) is 10.9 Å². The SMILES string of the molecule is CC(C)C(=O)N1CCN(C(=O)[C@H]2CC[C@H](Cn3c(=O)[nH]c4ccccc4c3=O)CC2)CC1. The summed E-state index contributed by atoms with van der Waals surface area (Å²) < 4.78 is 1.31. The number of nitrogens with one attached hydrogen (secondary N) is 1. The number of hydrogen-bond donors (Lipinski definition) is 1. The second kappa shape index (κ2) is 9.30. The Kier molecular flexibility index (Phi) is 6.48. The van der Waals surface area contributed by atoms with E-state index in [1.165, 1.54) is 4.57 Å². The maximum Gasteiger partial charge on any atom is 0.328 e. The first-order valence-corrected chi connectivity index (χ1v) is 11.6. The van der Waals surface area contributed by atoms with Crippen LogP contribution in [0.4, 0.5) is 0 Å². The normalized spacial score (nSPS) is 21.8. The van der Waals surface area contributed by atoms with Gasteiger partial charge in [-0.2, -0.15) is 0 Å². The quantitative estimate of drug-likeness (QED) is 0.785. The van der Waals surface area contributed by atoms with Crippen LogP contribution in [0.5, 0.6) is 0 Å². The van der Waals surface area contributed by atoms with E-state index in [1.807, 2.05) is 23.6 Å². The Morgan fingerprint density at radius 3 is 2.25 bits per heavy atom. The van der Waals surface area contributed by atoms with Crippen LogP contribution in [0.15, 0.2) is 33.9 Å². The highest BCUT2D eigenvalue weighted by atomic mass is 16.2. The van der Waals surface area contributed by atoms with Crippen molar-refractivity contribution in [3.63, 3.8) is 0 Å². The summed E-state index contributed by atoms with van der Waals surface area (Å²) in [6.45, 7) is 6.59. The van der Waals surface area contributed by atoms with Crippen LogP contribution in [0.2, 0.25) is 0 Å². The maximum absolute atomic E-state index is 13.0. The molecule has 1 aromatic carbocycles. The van der Waals surface area contributed by atoms with Crippen molar-refractivity contribution in [1.29, 1.82) is 0 Å². The Bertz CT molecular complexity index is 1100. The van der Waals surface area contributed by atoms with Crippen molar-refractivity contribution >= 4 is 22.7 Å². The number of nitrogens with zero attached hydrogens (tertiary/aromatic N) is 3. The van der Waals surface area contributed by atoms with Gasteiger partial charge in [-0.1, -0.05) is 26.0 Å².